The minimum absolute atomic E-state index is 0.0793. The van der Waals surface area contributed by atoms with Crippen molar-refractivity contribution in [3.05, 3.63) is 41.7 Å². The second kappa shape index (κ2) is 5.18. The summed E-state index contributed by atoms with van der Waals surface area (Å²) in [6.45, 7) is 7.69. The van der Waals surface area contributed by atoms with Gasteiger partial charge in [0.1, 0.15) is 10.7 Å². The van der Waals surface area contributed by atoms with Gasteiger partial charge in [0.05, 0.1) is 6.54 Å². The predicted octanol–water partition coefficient (Wildman–Crippen LogP) is 2.22. The Kier molecular flexibility index (Phi) is 3.84. The molecule has 0 fully saturated rings. The number of amides is 1. The Bertz CT molecular complexity index is 681. The molecule has 0 radical (unpaired) electrons. The number of carbonyl (C=O) groups is 1. The SMILES string of the molecule is Cc1ccc(S(=O)(=O)OC2=CC(=O)N(C(C)(C)C)C2)cc1. The topological polar surface area (TPSA) is 63.7 Å². The van der Waals surface area contributed by atoms with Crippen LogP contribution in [0.1, 0.15) is 26.3 Å². The smallest absolute Gasteiger partial charge is 0.338 e. The molecule has 1 aromatic carbocycles. The molecule has 0 atom stereocenters. The van der Waals surface area contributed by atoms with E-state index in [-0.39, 0.29) is 28.6 Å². The molecular weight excluding hydrogens is 290 g/mol. The van der Waals surface area contributed by atoms with Crippen molar-refractivity contribution in [3.63, 3.8) is 0 Å². The summed E-state index contributed by atoms with van der Waals surface area (Å²) >= 11 is 0. The Morgan fingerprint density at radius 2 is 1.71 bits per heavy atom. The van der Waals surface area contributed by atoms with Crippen LogP contribution >= 0.6 is 0 Å². The van der Waals surface area contributed by atoms with E-state index in [9.17, 15) is 13.2 Å². The molecule has 114 valence electrons. The van der Waals surface area contributed by atoms with E-state index in [0.29, 0.717) is 0 Å². The highest BCUT2D eigenvalue weighted by Crippen LogP contribution is 2.25. The summed E-state index contributed by atoms with van der Waals surface area (Å²) in [6, 6.07) is 6.38. The van der Waals surface area contributed by atoms with Gasteiger partial charge in [0.25, 0.3) is 5.91 Å². The first-order chi connectivity index (χ1) is 9.59. The van der Waals surface area contributed by atoms with Crippen LogP contribution in [0.2, 0.25) is 0 Å². The number of nitrogens with zero attached hydrogens (tertiary/aromatic N) is 1. The average Bonchev–Trinajstić information content (AvgIpc) is 2.69. The highest BCUT2D eigenvalue weighted by molar-refractivity contribution is 7.86. The second-order valence-corrected chi connectivity index (χ2v) is 7.60. The van der Waals surface area contributed by atoms with Crippen LogP contribution in [-0.4, -0.2) is 31.3 Å². The fourth-order valence-electron chi connectivity index (χ4n) is 2.01. The lowest BCUT2D eigenvalue weighted by molar-refractivity contribution is -0.128. The fraction of sp³-hybridized carbons (Fsp3) is 0.400. The van der Waals surface area contributed by atoms with E-state index in [1.807, 2.05) is 27.7 Å². The zero-order valence-corrected chi connectivity index (χ0v) is 13.4. The molecule has 1 aliphatic rings. The normalized spacial score (nSPS) is 16.1. The predicted molar refractivity (Wildman–Crippen MR) is 79.0 cm³/mol. The fourth-order valence-corrected chi connectivity index (χ4v) is 2.96. The van der Waals surface area contributed by atoms with E-state index in [1.165, 1.54) is 18.2 Å². The van der Waals surface area contributed by atoms with Gasteiger partial charge in [-0.05, 0) is 39.8 Å². The maximum atomic E-state index is 12.2. The molecule has 21 heavy (non-hydrogen) atoms. The molecule has 0 N–H and O–H groups in total. The lowest BCUT2D eigenvalue weighted by Crippen LogP contribution is -2.42. The van der Waals surface area contributed by atoms with Gasteiger partial charge in [0.2, 0.25) is 0 Å². The molecule has 0 saturated heterocycles. The number of rotatable bonds is 3. The Hall–Kier alpha value is -1.82. The molecular formula is C15H19NO4S. The van der Waals surface area contributed by atoms with Crippen molar-refractivity contribution in [2.45, 2.75) is 38.1 Å². The van der Waals surface area contributed by atoms with Gasteiger partial charge in [0.15, 0.2) is 0 Å². The van der Waals surface area contributed by atoms with E-state index in [2.05, 4.69) is 0 Å². The molecule has 1 aliphatic heterocycles. The van der Waals surface area contributed by atoms with Crippen LogP contribution < -0.4 is 0 Å². The average molecular weight is 309 g/mol. The van der Waals surface area contributed by atoms with Crippen LogP contribution in [0.5, 0.6) is 0 Å². The molecule has 2 rings (SSSR count). The largest absolute Gasteiger partial charge is 0.381 e. The summed E-state index contributed by atoms with van der Waals surface area (Å²) in [6.07, 6.45) is 1.23. The third-order valence-electron chi connectivity index (χ3n) is 3.20. The summed E-state index contributed by atoms with van der Waals surface area (Å²) in [5.41, 5.74) is 0.579. The van der Waals surface area contributed by atoms with Crippen LogP contribution in [0.25, 0.3) is 0 Å². The van der Waals surface area contributed by atoms with Crippen LogP contribution in [-0.2, 0) is 19.1 Å². The molecule has 0 bridgehead atoms. The number of carbonyl (C=O) groups excluding carboxylic acids is 1. The minimum Gasteiger partial charge on any atom is -0.381 e. The summed E-state index contributed by atoms with van der Waals surface area (Å²) in [7, 11) is -3.90. The highest BCUT2D eigenvalue weighted by atomic mass is 32.2. The van der Waals surface area contributed by atoms with Crippen molar-refractivity contribution >= 4 is 16.0 Å². The van der Waals surface area contributed by atoms with Gasteiger partial charge in [-0.15, -0.1) is 0 Å². The van der Waals surface area contributed by atoms with Gasteiger partial charge >= 0.3 is 10.1 Å². The molecule has 0 aliphatic carbocycles. The third-order valence-corrected chi connectivity index (χ3v) is 4.48. The Morgan fingerprint density at radius 1 is 1.14 bits per heavy atom. The Morgan fingerprint density at radius 3 is 2.19 bits per heavy atom. The first-order valence-electron chi connectivity index (χ1n) is 6.63. The van der Waals surface area contributed by atoms with Gasteiger partial charge in [-0.1, -0.05) is 17.7 Å². The van der Waals surface area contributed by atoms with Gasteiger partial charge < -0.3 is 9.08 Å². The zero-order chi connectivity index (χ0) is 15.8. The maximum absolute atomic E-state index is 12.2. The van der Waals surface area contributed by atoms with E-state index in [1.54, 1.807) is 17.0 Å². The first kappa shape index (κ1) is 15.6. The summed E-state index contributed by atoms with van der Waals surface area (Å²) in [4.78, 5) is 13.5. The molecule has 0 saturated carbocycles. The van der Waals surface area contributed by atoms with Gasteiger partial charge in [-0.25, -0.2) is 0 Å². The molecule has 0 unspecified atom stereocenters. The number of benzene rings is 1. The van der Waals surface area contributed by atoms with E-state index < -0.39 is 10.1 Å². The molecule has 0 spiro atoms. The summed E-state index contributed by atoms with van der Waals surface area (Å²) in [5, 5.41) is 0. The van der Waals surface area contributed by atoms with Crippen LogP contribution in [0.4, 0.5) is 0 Å². The molecule has 1 amide bonds. The minimum atomic E-state index is -3.90. The maximum Gasteiger partial charge on any atom is 0.338 e. The Labute approximate surface area is 125 Å². The van der Waals surface area contributed by atoms with Gasteiger partial charge in [-0.2, -0.15) is 8.42 Å². The zero-order valence-electron chi connectivity index (χ0n) is 12.6. The summed E-state index contributed by atoms with van der Waals surface area (Å²) in [5.74, 6) is -0.0906. The second-order valence-electron chi connectivity index (χ2n) is 6.06. The Balaban J connectivity index is 2.17. The molecule has 0 aromatic heterocycles. The molecule has 6 heteroatoms. The van der Waals surface area contributed by atoms with Crippen LogP contribution in [0, 0.1) is 6.92 Å². The monoisotopic (exact) mass is 309 g/mol. The first-order valence-corrected chi connectivity index (χ1v) is 8.04. The summed E-state index contributed by atoms with van der Waals surface area (Å²) < 4.78 is 29.4. The standard InChI is InChI=1S/C15H19NO4S/c1-11-5-7-13(8-6-11)21(18,19)20-12-9-14(17)16(10-12)15(2,3)4/h5-9H,10H2,1-4H3. The van der Waals surface area contributed by atoms with E-state index in [4.69, 9.17) is 4.18 Å². The third kappa shape index (κ3) is 3.44. The van der Waals surface area contributed by atoms with Crippen molar-refractivity contribution < 1.29 is 17.4 Å². The van der Waals surface area contributed by atoms with Crippen molar-refractivity contribution in [3.8, 4) is 0 Å². The number of hydrogen-bond donors (Lipinski definition) is 0. The van der Waals surface area contributed by atoms with E-state index >= 15 is 0 Å². The molecule has 1 heterocycles. The van der Waals surface area contributed by atoms with Crippen molar-refractivity contribution in [1.82, 2.24) is 4.90 Å². The number of hydrogen-bond acceptors (Lipinski definition) is 4. The van der Waals surface area contributed by atoms with Crippen LogP contribution in [0.15, 0.2) is 41.0 Å². The molecule has 5 nitrogen and oxygen atoms in total. The lowest BCUT2D eigenvalue weighted by Gasteiger charge is -2.31. The quantitative estimate of drug-likeness (QED) is 0.803. The lowest BCUT2D eigenvalue weighted by atomic mass is 10.1. The van der Waals surface area contributed by atoms with Crippen molar-refractivity contribution in [1.29, 1.82) is 0 Å². The van der Waals surface area contributed by atoms with Gasteiger partial charge in [-0.3, -0.25) is 4.79 Å². The van der Waals surface area contributed by atoms with Crippen LogP contribution in [0.3, 0.4) is 0 Å². The molecule has 1 aromatic rings. The van der Waals surface area contributed by atoms with Crippen molar-refractivity contribution in [2.75, 3.05) is 6.54 Å². The van der Waals surface area contributed by atoms with Gasteiger partial charge in [0, 0.05) is 11.6 Å². The van der Waals surface area contributed by atoms with E-state index in [0.717, 1.165) is 5.56 Å². The van der Waals surface area contributed by atoms with Crippen molar-refractivity contribution in [2.24, 2.45) is 0 Å². The highest BCUT2D eigenvalue weighted by Gasteiger charge is 2.33. The number of aryl methyl sites for hydroxylation is 1.